The minimum Gasteiger partial charge on any atom is -0.310 e. The maximum Gasteiger partial charge on any atom is 0.0703 e. The van der Waals surface area contributed by atoms with E-state index in [0.717, 1.165) is 38.7 Å². The topological polar surface area (TPSA) is 29.0 Å². The molecule has 10 aromatic rings. The molecule has 0 amide bonds. The van der Waals surface area contributed by atoms with Crippen LogP contribution in [0.5, 0.6) is 0 Å². The van der Waals surface area contributed by atoms with E-state index in [-0.39, 0.29) is 0 Å². The highest BCUT2D eigenvalue weighted by molar-refractivity contribution is 6.29. The molecule has 0 bridgehead atoms. The van der Waals surface area contributed by atoms with Gasteiger partial charge >= 0.3 is 0 Å². The Kier molecular flexibility index (Phi) is 6.55. The van der Waals surface area contributed by atoms with Crippen LogP contribution in [0.1, 0.15) is 0 Å². The van der Waals surface area contributed by atoms with Gasteiger partial charge in [0.05, 0.1) is 11.2 Å². The summed E-state index contributed by atoms with van der Waals surface area (Å²) in [7, 11) is 0. The van der Waals surface area contributed by atoms with E-state index >= 15 is 0 Å². The zero-order valence-corrected chi connectivity index (χ0v) is 28.7. The largest absolute Gasteiger partial charge is 0.310 e. The van der Waals surface area contributed by atoms with Crippen molar-refractivity contribution in [2.75, 3.05) is 4.90 Å². The summed E-state index contributed by atoms with van der Waals surface area (Å²) in [5.74, 6) is 0. The second-order valence-corrected chi connectivity index (χ2v) is 13.8. The molecule has 0 N–H and O–H groups in total. The minimum absolute atomic E-state index is 0.977. The summed E-state index contributed by atoms with van der Waals surface area (Å²) in [6.07, 6.45) is 5.65. The number of nitrogens with zero attached hydrogens (tertiary/aromatic N) is 3. The van der Waals surface area contributed by atoms with E-state index in [1.54, 1.807) is 0 Å². The summed E-state index contributed by atoms with van der Waals surface area (Å²) >= 11 is 0. The van der Waals surface area contributed by atoms with Gasteiger partial charge in [-0.25, -0.2) is 0 Å². The van der Waals surface area contributed by atoms with Gasteiger partial charge in [0, 0.05) is 46.1 Å². The summed E-state index contributed by atoms with van der Waals surface area (Å²) in [6.45, 7) is 0. The smallest absolute Gasteiger partial charge is 0.0703 e. The van der Waals surface area contributed by atoms with Crippen LogP contribution in [-0.2, 0) is 0 Å². The molecule has 1 aliphatic rings. The van der Waals surface area contributed by atoms with Gasteiger partial charge in [-0.1, -0.05) is 121 Å². The number of rotatable bonds is 5. The van der Waals surface area contributed by atoms with E-state index in [1.165, 1.54) is 66.1 Å². The standard InChI is InChI=1S/C50H31N3/c1-3-11-32(12-4-1)46-39-16-7-8-17-40(39)47(33-13-5-2-6-14-33)50-43-23-25-45(41-18-9-19-42(48(41)43)49(46)50)53(37-21-20-36-31-51-28-26-34(36)29-37)38-22-24-44-35(30-38)15-10-27-52-44/h1-31H. The van der Waals surface area contributed by atoms with Crippen molar-refractivity contribution >= 4 is 60.3 Å². The highest BCUT2D eigenvalue weighted by Crippen LogP contribution is 2.59. The third kappa shape index (κ3) is 4.54. The highest BCUT2D eigenvalue weighted by Gasteiger charge is 2.32. The van der Waals surface area contributed by atoms with Crippen molar-refractivity contribution in [3.8, 4) is 44.5 Å². The fraction of sp³-hybridized carbons (Fsp3) is 0. The van der Waals surface area contributed by atoms with Crippen molar-refractivity contribution in [2.24, 2.45) is 0 Å². The van der Waals surface area contributed by atoms with Gasteiger partial charge in [0.15, 0.2) is 0 Å². The molecule has 53 heavy (non-hydrogen) atoms. The van der Waals surface area contributed by atoms with Crippen molar-refractivity contribution in [1.82, 2.24) is 9.97 Å². The van der Waals surface area contributed by atoms with Crippen LogP contribution in [0, 0.1) is 0 Å². The zero-order chi connectivity index (χ0) is 34.9. The Morgan fingerprint density at radius 1 is 0.396 bits per heavy atom. The molecule has 1 aliphatic carbocycles. The Bertz CT molecular complexity index is 2890. The predicted molar refractivity (Wildman–Crippen MR) is 222 cm³/mol. The molecule has 0 radical (unpaired) electrons. The van der Waals surface area contributed by atoms with Crippen LogP contribution in [0.4, 0.5) is 17.1 Å². The fourth-order valence-electron chi connectivity index (χ4n) is 8.63. The first-order chi connectivity index (χ1) is 26.3. The Balaban J connectivity index is 1.24. The molecule has 0 fully saturated rings. The molecule has 0 atom stereocenters. The lowest BCUT2D eigenvalue weighted by atomic mass is 9.82. The van der Waals surface area contributed by atoms with Crippen LogP contribution in [0.25, 0.3) is 87.7 Å². The molecule has 3 nitrogen and oxygen atoms in total. The lowest BCUT2D eigenvalue weighted by Gasteiger charge is -2.28. The molecule has 2 aromatic heterocycles. The van der Waals surface area contributed by atoms with Gasteiger partial charge in [0.2, 0.25) is 0 Å². The molecule has 2 heterocycles. The van der Waals surface area contributed by atoms with Crippen molar-refractivity contribution in [3.63, 3.8) is 0 Å². The molecule has 0 saturated heterocycles. The van der Waals surface area contributed by atoms with Crippen LogP contribution in [0.15, 0.2) is 188 Å². The number of fused-ring (bicyclic) bond motifs is 6. The van der Waals surface area contributed by atoms with Gasteiger partial charge in [-0.05, 0) is 115 Å². The molecule has 11 rings (SSSR count). The first kappa shape index (κ1) is 29.6. The van der Waals surface area contributed by atoms with Crippen LogP contribution in [-0.4, -0.2) is 9.97 Å². The highest BCUT2D eigenvalue weighted by atomic mass is 15.1. The van der Waals surface area contributed by atoms with Gasteiger partial charge in [-0.15, -0.1) is 0 Å². The SMILES string of the molecule is c1ccc(-c2c3c(c(-c4ccccc4)c4ccccc24)-c2ccc(N(c4ccc5cnccc5c4)c4ccc5ncccc5c4)c4cccc-3c24)cc1. The van der Waals surface area contributed by atoms with Crippen LogP contribution < -0.4 is 4.90 Å². The minimum atomic E-state index is 0.977. The maximum atomic E-state index is 4.64. The summed E-state index contributed by atoms with van der Waals surface area (Å²) in [4.78, 5) is 11.4. The molecule has 0 aliphatic heterocycles. The van der Waals surface area contributed by atoms with Crippen LogP contribution >= 0.6 is 0 Å². The second-order valence-electron chi connectivity index (χ2n) is 13.8. The first-order valence-corrected chi connectivity index (χ1v) is 18.1. The average molecular weight is 674 g/mol. The van der Waals surface area contributed by atoms with Gasteiger partial charge in [-0.2, -0.15) is 0 Å². The van der Waals surface area contributed by atoms with E-state index in [1.807, 2.05) is 24.7 Å². The second kappa shape index (κ2) is 11.7. The van der Waals surface area contributed by atoms with Gasteiger partial charge in [-0.3, -0.25) is 9.97 Å². The molecule has 0 unspecified atom stereocenters. The average Bonchev–Trinajstić information content (AvgIpc) is 3.56. The summed E-state index contributed by atoms with van der Waals surface area (Å²) in [5.41, 5.74) is 14.4. The molecule has 3 heteroatoms. The third-order valence-corrected chi connectivity index (χ3v) is 10.9. The Morgan fingerprint density at radius 3 is 1.77 bits per heavy atom. The van der Waals surface area contributed by atoms with E-state index in [2.05, 4.69) is 179 Å². The Hall–Kier alpha value is -7.10. The van der Waals surface area contributed by atoms with Crippen molar-refractivity contribution in [1.29, 1.82) is 0 Å². The summed E-state index contributed by atoms with van der Waals surface area (Å²) in [6, 6.07) is 61.8. The first-order valence-electron chi connectivity index (χ1n) is 18.1. The number of pyridine rings is 2. The number of aromatic nitrogens is 2. The molecule has 0 spiro atoms. The van der Waals surface area contributed by atoms with Gasteiger partial charge in [0.1, 0.15) is 0 Å². The fourth-order valence-corrected chi connectivity index (χ4v) is 8.63. The molecule has 0 saturated carbocycles. The molecular formula is C50H31N3. The predicted octanol–water partition coefficient (Wildman–Crippen LogP) is 13.5. The summed E-state index contributed by atoms with van der Waals surface area (Å²) < 4.78 is 0. The van der Waals surface area contributed by atoms with Crippen molar-refractivity contribution in [3.05, 3.63) is 188 Å². The van der Waals surface area contributed by atoms with Crippen LogP contribution in [0.2, 0.25) is 0 Å². The number of benzene rings is 8. The van der Waals surface area contributed by atoms with E-state index in [4.69, 9.17) is 0 Å². The van der Waals surface area contributed by atoms with E-state index in [9.17, 15) is 0 Å². The lowest BCUT2D eigenvalue weighted by molar-refractivity contribution is 1.30. The zero-order valence-electron chi connectivity index (χ0n) is 28.7. The quantitative estimate of drug-likeness (QED) is 0.182. The number of hydrogen-bond acceptors (Lipinski definition) is 3. The van der Waals surface area contributed by atoms with E-state index < -0.39 is 0 Å². The number of anilines is 3. The Labute approximate surface area is 307 Å². The number of hydrogen-bond donors (Lipinski definition) is 0. The van der Waals surface area contributed by atoms with Crippen LogP contribution in [0.3, 0.4) is 0 Å². The molecular weight excluding hydrogens is 643 g/mol. The van der Waals surface area contributed by atoms with E-state index in [0.29, 0.717) is 0 Å². The van der Waals surface area contributed by atoms with Gasteiger partial charge in [0.25, 0.3) is 0 Å². The third-order valence-electron chi connectivity index (χ3n) is 10.9. The summed E-state index contributed by atoms with van der Waals surface area (Å²) in [5, 5.41) is 8.38. The maximum absolute atomic E-state index is 4.64. The van der Waals surface area contributed by atoms with Crippen molar-refractivity contribution in [2.45, 2.75) is 0 Å². The Morgan fingerprint density at radius 2 is 1.04 bits per heavy atom. The molecule has 246 valence electrons. The van der Waals surface area contributed by atoms with Crippen molar-refractivity contribution < 1.29 is 0 Å². The monoisotopic (exact) mass is 673 g/mol. The van der Waals surface area contributed by atoms with Gasteiger partial charge < -0.3 is 4.90 Å². The lowest BCUT2D eigenvalue weighted by Crippen LogP contribution is -2.10. The normalized spacial score (nSPS) is 11.8. The molecule has 8 aromatic carbocycles.